The summed E-state index contributed by atoms with van der Waals surface area (Å²) < 4.78 is 4.83. The van der Waals surface area contributed by atoms with Gasteiger partial charge in [-0.3, -0.25) is 10.1 Å². The topological polar surface area (TPSA) is 69.4 Å². The monoisotopic (exact) mass is 341 g/mol. The van der Waals surface area contributed by atoms with Crippen LogP contribution in [0, 0.1) is 10.1 Å². The van der Waals surface area contributed by atoms with Crippen molar-refractivity contribution in [3.05, 3.63) is 81.0 Å². The second kappa shape index (κ2) is 10.0. The maximum atomic E-state index is 11.3. The second-order valence-electron chi connectivity index (χ2n) is 5.60. The third kappa shape index (κ3) is 7.92. The molecule has 5 heteroatoms. The highest BCUT2D eigenvalue weighted by molar-refractivity contribution is 5.82. The van der Waals surface area contributed by atoms with Crippen LogP contribution in [0.2, 0.25) is 0 Å². The van der Waals surface area contributed by atoms with Crippen LogP contribution in [0.15, 0.2) is 65.3 Å². The number of nitro benzene ring substituents is 1. The molecule has 0 spiro atoms. The predicted octanol–water partition coefficient (Wildman–Crippen LogP) is 5.01. The van der Waals surface area contributed by atoms with Gasteiger partial charge in [0, 0.05) is 18.2 Å². The molecule has 0 aliphatic carbocycles. The van der Waals surface area contributed by atoms with Gasteiger partial charge < -0.3 is 4.74 Å². The number of nitrogens with zero attached hydrogens (tertiary/aromatic N) is 1. The van der Waals surface area contributed by atoms with Crippen molar-refractivity contribution in [3.63, 3.8) is 0 Å². The maximum Gasteiger partial charge on any atom is 0.330 e. The van der Waals surface area contributed by atoms with Crippen LogP contribution in [0.25, 0.3) is 6.08 Å². The van der Waals surface area contributed by atoms with Gasteiger partial charge in [0.25, 0.3) is 5.69 Å². The molecule has 0 saturated carbocycles. The van der Waals surface area contributed by atoms with Gasteiger partial charge in [-0.1, -0.05) is 41.0 Å². The molecule has 0 aliphatic heterocycles. The fourth-order valence-corrected chi connectivity index (χ4v) is 2.19. The number of carbonyl (C=O) groups excluding carboxylic acids is 1. The SMILES string of the molecule is CCOC(=O)/C=C/C(C)=C/C(C)=C/C(C)=C/c1ccc([N+](=O)[O-])cc1. The molecule has 25 heavy (non-hydrogen) atoms. The van der Waals surface area contributed by atoms with Crippen molar-refractivity contribution in [1.29, 1.82) is 0 Å². The summed E-state index contributed by atoms with van der Waals surface area (Å²) in [4.78, 5) is 21.5. The van der Waals surface area contributed by atoms with E-state index in [0.717, 1.165) is 22.3 Å². The number of ether oxygens (including phenoxy) is 1. The standard InChI is InChI=1S/C20H23NO4/c1-5-25-20(22)11-6-15(2)12-16(3)13-17(4)14-18-7-9-19(10-8-18)21(23)24/h6-14H,5H2,1-4H3/b11-6+,15-12+,16-13+,17-14+. The van der Waals surface area contributed by atoms with Crippen molar-refractivity contribution in [2.45, 2.75) is 27.7 Å². The van der Waals surface area contributed by atoms with Crippen LogP contribution in [0.1, 0.15) is 33.3 Å². The first-order valence-electron chi connectivity index (χ1n) is 7.96. The molecule has 1 aromatic carbocycles. The van der Waals surface area contributed by atoms with Crippen LogP contribution in [0.5, 0.6) is 0 Å². The molecule has 0 fully saturated rings. The van der Waals surface area contributed by atoms with Crippen molar-refractivity contribution in [2.24, 2.45) is 0 Å². The smallest absolute Gasteiger partial charge is 0.330 e. The summed E-state index contributed by atoms with van der Waals surface area (Å²) >= 11 is 0. The van der Waals surface area contributed by atoms with E-state index in [9.17, 15) is 14.9 Å². The first-order valence-corrected chi connectivity index (χ1v) is 7.96. The zero-order valence-corrected chi connectivity index (χ0v) is 15.0. The fraction of sp³-hybridized carbons (Fsp3) is 0.250. The molecule has 0 saturated heterocycles. The maximum absolute atomic E-state index is 11.3. The predicted molar refractivity (Wildman–Crippen MR) is 100 cm³/mol. The molecule has 0 bridgehead atoms. The number of hydrogen-bond donors (Lipinski definition) is 0. The highest BCUT2D eigenvalue weighted by Gasteiger charge is 2.02. The van der Waals surface area contributed by atoms with Gasteiger partial charge in [-0.15, -0.1) is 0 Å². The fourth-order valence-electron chi connectivity index (χ4n) is 2.19. The summed E-state index contributed by atoms with van der Waals surface area (Å²) in [6.07, 6.45) is 9.03. The molecule has 0 N–H and O–H groups in total. The number of benzene rings is 1. The lowest BCUT2D eigenvalue weighted by Crippen LogP contribution is -1.98. The van der Waals surface area contributed by atoms with Gasteiger partial charge in [-0.05, 0) is 45.4 Å². The van der Waals surface area contributed by atoms with E-state index in [-0.39, 0.29) is 11.7 Å². The first kappa shape index (κ1) is 20.1. The van der Waals surface area contributed by atoms with Crippen LogP contribution in [0.4, 0.5) is 5.69 Å². The minimum atomic E-state index is -0.415. The molecule has 0 aliphatic rings. The van der Waals surface area contributed by atoms with Crippen molar-refractivity contribution in [1.82, 2.24) is 0 Å². The van der Waals surface area contributed by atoms with E-state index < -0.39 is 4.92 Å². The summed E-state index contributed by atoms with van der Waals surface area (Å²) in [5.74, 6) is -0.355. The molecule has 132 valence electrons. The lowest BCUT2D eigenvalue weighted by Gasteiger charge is -1.99. The van der Waals surface area contributed by atoms with Gasteiger partial charge in [0.15, 0.2) is 0 Å². The number of nitro groups is 1. The van der Waals surface area contributed by atoms with Gasteiger partial charge in [0.05, 0.1) is 11.5 Å². The van der Waals surface area contributed by atoms with Gasteiger partial charge in [0.1, 0.15) is 0 Å². The Morgan fingerprint density at radius 1 is 1.04 bits per heavy atom. The Hall–Kier alpha value is -2.95. The number of non-ortho nitro benzene ring substituents is 1. The largest absolute Gasteiger partial charge is 0.463 e. The molecule has 1 rings (SSSR count). The van der Waals surface area contributed by atoms with Crippen LogP contribution in [0.3, 0.4) is 0 Å². The van der Waals surface area contributed by atoms with Gasteiger partial charge in [-0.25, -0.2) is 4.79 Å². The van der Waals surface area contributed by atoms with E-state index >= 15 is 0 Å². The summed E-state index contributed by atoms with van der Waals surface area (Å²) in [6.45, 7) is 7.96. The molecular formula is C20H23NO4. The Morgan fingerprint density at radius 3 is 2.20 bits per heavy atom. The molecular weight excluding hydrogens is 318 g/mol. The molecule has 0 amide bonds. The van der Waals surface area contributed by atoms with Gasteiger partial charge in [0.2, 0.25) is 0 Å². The van der Waals surface area contributed by atoms with E-state index in [4.69, 9.17) is 4.74 Å². The van der Waals surface area contributed by atoms with E-state index in [1.807, 2.05) is 39.0 Å². The number of hydrogen-bond acceptors (Lipinski definition) is 4. The zero-order valence-electron chi connectivity index (χ0n) is 15.0. The zero-order chi connectivity index (χ0) is 18.8. The van der Waals surface area contributed by atoms with Crippen molar-refractivity contribution < 1.29 is 14.5 Å². The number of rotatable bonds is 7. The molecule has 0 heterocycles. The highest BCUT2D eigenvalue weighted by atomic mass is 16.6. The van der Waals surface area contributed by atoms with E-state index in [2.05, 4.69) is 0 Å². The number of carbonyl (C=O) groups is 1. The number of esters is 1. The molecule has 0 aromatic heterocycles. The Balaban J connectivity index is 2.80. The van der Waals surface area contributed by atoms with Gasteiger partial charge >= 0.3 is 5.97 Å². The van der Waals surface area contributed by atoms with Gasteiger partial charge in [-0.2, -0.15) is 0 Å². The molecule has 0 radical (unpaired) electrons. The normalized spacial score (nSPS) is 13.2. The molecule has 1 aromatic rings. The number of allylic oxidation sites excluding steroid dienone is 6. The molecule has 0 atom stereocenters. The minimum Gasteiger partial charge on any atom is -0.463 e. The summed E-state index contributed by atoms with van der Waals surface area (Å²) in [5.41, 5.74) is 3.96. The van der Waals surface area contributed by atoms with Crippen molar-refractivity contribution in [3.8, 4) is 0 Å². The highest BCUT2D eigenvalue weighted by Crippen LogP contribution is 2.15. The summed E-state index contributed by atoms with van der Waals surface area (Å²) in [5, 5.41) is 10.7. The third-order valence-corrected chi connectivity index (χ3v) is 3.18. The van der Waals surface area contributed by atoms with E-state index in [1.54, 1.807) is 25.1 Å². The Labute approximate surface area is 148 Å². The Bertz CT molecular complexity index is 737. The van der Waals surface area contributed by atoms with Crippen LogP contribution in [-0.2, 0) is 9.53 Å². The van der Waals surface area contributed by atoms with Crippen molar-refractivity contribution >= 4 is 17.7 Å². The summed E-state index contributed by atoms with van der Waals surface area (Å²) in [7, 11) is 0. The second-order valence-corrected chi connectivity index (χ2v) is 5.60. The summed E-state index contributed by atoms with van der Waals surface area (Å²) in [6, 6.07) is 6.40. The Kier molecular flexibility index (Phi) is 8.06. The van der Waals surface area contributed by atoms with Crippen molar-refractivity contribution in [2.75, 3.05) is 6.61 Å². The van der Waals surface area contributed by atoms with Crippen LogP contribution >= 0.6 is 0 Å². The average molecular weight is 341 g/mol. The third-order valence-electron chi connectivity index (χ3n) is 3.18. The van der Waals surface area contributed by atoms with E-state index in [1.165, 1.54) is 18.2 Å². The van der Waals surface area contributed by atoms with E-state index in [0.29, 0.717) is 6.61 Å². The minimum absolute atomic E-state index is 0.0773. The lowest BCUT2D eigenvalue weighted by atomic mass is 10.1. The first-order chi connectivity index (χ1) is 11.8. The lowest BCUT2D eigenvalue weighted by molar-refractivity contribution is -0.384. The Morgan fingerprint density at radius 2 is 1.64 bits per heavy atom. The van der Waals surface area contributed by atoms with Crippen LogP contribution < -0.4 is 0 Å². The average Bonchev–Trinajstić information content (AvgIpc) is 2.53. The molecule has 0 unspecified atom stereocenters. The molecule has 5 nitrogen and oxygen atoms in total. The quantitative estimate of drug-likeness (QED) is 0.230. The van der Waals surface area contributed by atoms with Crippen LogP contribution in [-0.4, -0.2) is 17.5 Å².